The normalized spacial score (nSPS) is 16.0. The van der Waals surface area contributed by atoms with Crippen LogP contribution in [0, 0.1) is 6.92 Å². The summed E-state index contributed by atoms with van der Waals surface area (Å²) in [6.45, 7) is 10.1. The first-order chi connectivity index (χ1) is 10.8. The molecule has 1 amide bonds. The van der Waals surface area contributed by atoms with Gasteiger partial charge in [-0.1, -0.05) is 5.16 Å². The molecule has 1 aromatic heterocycles. The molecule has 0 spiro atoms. The summed E-state index contributed by atoms with van der Waals surface area (Å²) >= 11 is 0. The van der Waals surface area contributed by atoms with Gasteiger partial charge in [0, 0.05) is 37.4 Å². The fourth-order valence-corrected chi connectivity index (χ4v) is 2.38. The standard InChI is InChI=1S/C16H24N4O3/c1-12-13(11-17-22)5-6-14(18-12)19-7-9-20(10-8-19)15(21)23-16(2,3)4/h5-6,11,22H,7-10H2,1-4H3/b17-11+. The number of rotatable bonds is 2. The molecule has 2 heterocycles. The quantitative estimate of drug-likeness (QED) is 0.514. The number of nitrogens with zero attached hydrogens (tertiary/aromatic N) is 4. The summed E-state index contributed by atoms with van der Waals surface area (Å²) in [5.41, 5.74) is 1.11. The average Bonchev–Trinajstić information content (AvgIpc) is 2.48. The van der Waals surface area contributed by atoms with Crippen LogP contribution in [0.2, 0.25) is 0 Å². The molecule has 0 radical (unpaired) electrons. The van der Waals surface area contributed by atoms with Crippen molar-refractivity contribution in [1.82, 2.24) is 9.88 Å². The minimum Gasteiger partial charge on any atom is -0.444 e. The van der Waals surface area contributed by atoms with Gasteiger partial charge in [0.05, 0.1) is 6.21 Å². The highest BCUT2D eigenvalue weighted by Gasteiger charge is 2.26. The summed E-state index contributed by atoms with van der Waals surface area (Å²) in [6, 6.07) is 3.77. The summed E-state index contributed by atoms with van der Waals surface area (Å²) in [4.78, 5) is 20.4. The van der Waals surface area contributed by atoms with E-state index in [0.29, 0.717) is 26.2 Å². The van der Waals surface area contributed by atoms with Crippen molar-refractivity contribution in [2.24, 2.45) is 5.16 Å². The van der Waals surface area contributed by atoms with E-state index in [-0.39, 0.29) is 6.09 Å². The Bertz CT molecular complexity index is 587. The molecule has 1 fully saturated rings. The first kappa shape index (κ1) is 17.1. The van der Waals surface area contributed by atoms with Crippen LogP contribution in [-0.2, 0) is 4.74 Å². The molecule has 7 nitrogen and oxygen atoms in total. The van der Waals surface area contributed by atoms with E-state index in [9.17, 15) is 4.79 Å². The molecule has 0 unspecified atom stereocenters. The molecule has 1 aromatic rings. The van der Waals surface area contributed by atoms with Crippen molar-refractivity contribution in [3.63, 3.8) is 0 Å². The zero-order chi connectivity index (χ0) is 17.0. The monoisotopic (exact) mass is 320 g/mol. The first-order valence-corrected chi connectivity index (χ1v) is 7.68. The number of amides is 1. The third kappa shape index (κ3) is 4.58. The second kappa shape index (κ2) is 6.85. The van der Waals surface area contributed by atoms with Crippen LogP contribution in [0.25, 0.3) is 0 Å². The largest absolute Gasteiger partial charge is 0.444 e. The van der Waals surface area contributed by atoms with Crippen LogP contribution in [0.15, 0.2) is 17.3 Å². The zero-order valence-corrected chi connectivity index (χ0v) is 14.1. The van der Waals surface area contributed by atoms with Crippen molar-refractivity contribution in [1.29, 1.82) is 0 Å². The van der Waals surface area contributed by atoms with Gasteiger partial charge in [-0.25, -0.2) is 9.78 Å². The molecule has 7 heteroatoms. The Balaban J connectivity index is 1.97. The molecule has 2 rings (SSSR count). The minimum atomic E-state index is -0.475. The lowest BCUT2D eigenvalue weighted by Crippen LogP contribution is -2.50. The Hall–Kier alpha value is -2.31. The lowest BCUT2D eigenvalue weighted by Gasteiger charge is -2.36. The number of aromatic nitrogens is 1. The van der Waals surface area contributed by atoms with Gasteiger partial charge in [0.2, 0.25) is 0 Å². The van der Waals surface area contributed by atoms with Crippen molar-refractivity contribution >= 4 is 18.1 Å². The van der Waals surface area contributed by atoms with Crippen LogP contribution in [0.4, 0.5) is 10.6 Å². The molecule has 1 aliphatic rings. The highest BCUT2D eigenvalue weighted by Crippen LogP contribution is 2.17. The molecule has 1 saturated heterocycles. The van der Waals surface area contributed by atoms with E-state index in [1.54, 1.807) is 4.90 Å². The second-order valence-electron chi connectivity index (χ2n) is 6.54. The molecule has 0 aromatic carbocycles. The summed E-state index contributed by atoms with van der Waals surface area (Å²) in [6.07, 6.45) is 1.10. The van der Waals surface area contributed by atoms with Gasteiger partial charge in [0.25, 0.3) is 0 Å². The highest BCUT2D eigenvalue weighted by molar-refractivity contribution is 5.80. The van der Waals surface area contributed by atoms with E-state index in [2.05, 4.69) is 15.0 Å². The minimum absolute atomic E-state index is 0.268. The number of carbonyl (C=O) groups is 1. The van der Waals surface area contributed by atoms with Gasteiger partial charge < -0.3 is 19.7 Å². The van der Waals surface area contributed by atoms with Gasteiger partial charge in [0.15, 0.2) is 0 Å². The lowest BCUT2D eigenvalue weighted by atomic mass is 10.2. The Morgan fingerprint density at radius 1 is 1.30 bits per heavy atom. The number of carbonyl (C=O) groups excluding carboxylic acids is 1. The molecule has 0 bridgehead atoms. The Morgan fingerprint density at radius 3 is 2.48 bits per heavy atom. The van der Waals surface area contributed by atoms with Crippen molar-refractivity contribution in [3.8, 4) is 0 Å². The van der Waals surface area contributed by atoms with Gasteiger partial charge in [-0.3, -0.25) is 0 Å². The summed E-state index contributed by atoms with van der Waals surface area (Å²) < 4.78 is 5.39. The van der Waals surface area contributed by atoms with Gasteiger partial charge >= 0.3 is 6.09 Å². The molecule has 0 aliphatic carbocycles. The SMILES string of the molecule is Cc1nc(N2CCN(C(=O)OC(C)(C)C)CC2)ccc1/C=N/O. The molecule has 1 aliphatic heterocycles. The van der Waals surface area contributed by atoms with E-state index >= 15 is 0 Å². The number of oxime groups is 1. The van der Waals surface area contributed by atoms with Crippen LogP contribution < -0.4 is 4.90 Å². The van der Waals surface area contributed by atoms with Gasteiger partial charge in [0.1, 0.15) is 11.4 Å². The summed E-state index contributed by atoms with van der Waals surface area (Å²) in [5.74, 6) is 0.862. The number of aryl methyl sites for hydroxylation is 1. The average molecular weight is 320 g/mol. The van der Waals surface area contributed by atoms with E-state index < -0.39 is 5.60 Å². The molecular weight excluding hydrogens is 296 g/mol. The van der Waals surface area contributed by atoms with E-state index in [1.165, 1.54) is 6.21 Å². The predicted octanol–water partition coefficient (Wildman–Crippen LogP) is 2.26. The van der Waals surface area contributed by atoms with Gasteiger partial charge in [-0.15, -0.1) is 0 Å². The number of pyridine rings is 1. The van der Waals surface area contributed by atoms with Crippen LogP contribution >= 0.6 is 0 Å². The maximum atomic E-state index is 12.1. The van der Waals surface area contributed by atoms with Crippen molar-refractivity contribution in [2.45, 2.75) is 33.3 Å². The van der Waals surface area contributed by atoms with Gasteiger partial charge in [-0.05, 0) is 39.8 Å². The molecule has 0 saturated carbocycles. The van der Waals surface area contributed by atoms with E-state index in [0.717, 1.165) is 17.1 Å². The fraction of sp³-hybridized carbons (Fsp3) is 0.562. The lowest BCUT2D eigenvalue weighted by molar-refractivity contribution is 0.0240. The first-order valence-electron chi connectivity index (χ1n) is 7.68. The molecule has 0 atom stereocenters. The van der Waals surface area contributed by atoms with Crippen LogP contribution in [0.3, 0.4) is 0 Å². The maximum absolute atomic E-state index is 12.1. The molecule has 126 valence electrons. The molecule has 23 heavy (non-hydrogen) atoms. The number of hydrogen-bond donors (Lipinski definition) is 1. The highest BCUT2D eigenvalue weighted by atomic mass is 16.6. The van der Waals surface area contributed by atoms with Crippen LogP contribution in [0.1, 0.15) is 32.0 Å². The molecule has 1 N–H and O–H groups in total. The second-order valence-corrected chi connectivity index (χ2v) is 6.54. The van der Waals surface area contributed by atoms with Crippen molar-refractivity contribution in [3.05, 3.63) is 23.4 Å². The van der Waals surface area contributed by atoms with Crippen molar-refractivity contribution < 1.29 is 14.7 Å². The predicted molar refractivity (Wildman–Crippen MR) is 88.4 cm³/mol. The topological polar surface area (TPSA) is 78.3 Å². The number of anilines is 1. The maximum Gasteiger partial charge on any atom is 0.410 e. The van der Waals surface area contributed by atoms with Crippen LogP contribution in [-0.4, -0.2) is 59.2 Å². The van der Waals surface area contributed by atoms with Crippen LogP contribution in [0.5, 0.6) is 0 Å². The Morgan fingerprint density at radius 2 is 1.96 bits per heavy atom. The van der Waals surface area contributed by atoms with E-state index in [1.807, 2.05) is 39.8 Å². The summed E-state index contributed by atoms with van der Waals surface area (Å²) in [7, 11) is 0. The number of ether oxygens (including phenoxy) is 1. The number of piperazine rings is 1. The zero-order valence-electron chi connectivity index (χ0n) is 14.1. The Labute approximate surface area is 136 Å². The smallest absolute Gasteiger partial charge is 0.410 e. The molecular formula is C16H24N4O3. The third-order valence-corrected chi connectivity index (χ3v) is 3.56. The van der Waals surface area contributed by atoms with Crippen molar-refractivity contribution in [2.75, 3.05) is 31.1 Å². The van der Waals surface area contributed by atoms with E-state index in [4.69, 9.17) is 9.94 Å². The number of hydrogen-bond acceptors (Lipinski definition) is 6. The summed E-state index contributed by atoms with van der Waals surface area (Å²) in [5, 5.41) is 11.6. The Kier molecular flexibility index (Phi) is 5.08. The van der Waals surface area contributed by atoms with Gasteiger partial charge in [-0.2, -0.15) is 0 Å². The fourth-order valence-electron chi connectivity index (χ4n) is 2.38. The third-order valence-electron chi connectivity index (χ3n) is 3.56.